The Kier molecular flexibility index (Phi) is 5.09. The summed E-state index contributed by atoms with van der Waals surface area (Å²) in [5.74, 6) is 1.99. The quantitative estimate of drug-likeness (QED) is 0.479. The van der Waals surface area contributed by atoms with Crippen LogP contribution in [0.3, 0.4) is 0 Å². The molecule has 0 bridgehead atoms. The van der Waals surface area contributed by atoms with Gasteiger partial charge in [0.25, 0.3) is 0 Å². The monoisotopic (exact) mass is 409 g/mol. The highest BCUT2D eigenvalue weighted by atomic mass is 32.2. The summed E-state index contributed by atoms with van der Waals surface area (Å²) in [4.78, 5) is 0. The van der Waals surface area contributed by atoms with Crippen molar-refractivity contribution < 1.29 is 22.3 Å². The van der Waals surface area contributed by atoms with Gasteiger partial charge in [-0.05, 0) is 49.6 Å². The molecule has 1 saturated carbocycles. The second-order valence-electron chi connectivity index (χ2n) is 6.66. The summed E-state index contributed by atoms with van der Waals surface area (Å²) < 4.78 is 48.4. The van der Waals surface area contributed by atoms with E-state index in [-0.39, 0.29) is 11.0 Å². The standard InChI is InChI=1S/C19H18F3N3O2S/c1-12(13-6-8-15(9-7-13)27-19(20,21)22)28-18-24-23-17(14-4-5-14)25(18)11-16-3-2-10-26-16/h2-3,6-10,12,14H,4-5,11H2,1H3. The molecule has 0 saturated heterocycles. The fourth-order valence-electron chi connectivity index (χ4n) is 2.90. The van der Waals surface area contributed by atoms with Gasteiger partial charge in [-0.1, -0.05) is 23.9 Å². The van der Waals surface area contributed by atoms with Gasteiger partial charge in [-0.25, -0.2) is 0 Å². The normalized spacial score (nSPS) is 15.6. The SMILES string of the molecule is CC(Sc1nnc(C2CC2)n1Cc1ccco1)c1ccc(OC(F)(F)F)cc1. The molecule has 148 valence electrons. The van der Waals surface area contributed by atoms with E-state index in [9.17, 15) is 13.2 Å². The maximum Gasteiger partial charge on any atom is 0.573 e. The zero-order chi connectivity index (χ0) is 19.7. The second-order valence-corrected chi connectivity index (χ2v) is 7.97. The molecule has 2 heterocycles. The summed E-state index contributed by atoms with van der Waals surface area (Å²) in [6.07, 6.45) is -0.839. The first kappa shape index (κ1) is 18.9. The molecule has 0 aliphatic heterocycles. The van der Waals surface area contributed by atoms with E-state index in [4.69, 9.17) is 4.42 Å². The van der Waals surface area contributed by atoms with E-state index in [1.807, 2.05) is 19.1 Å². The number of benzene rings is 1. The highest BCUT2D eigenvalue weighted by Gasteiger charge is 2.32. The highest BCUT2D eigenvalue weighted by molar-refractivity contribution is 7.99. The van der Waals surface area contributed by atoms with Crippen molar-refractivity contribution in [3.05, 3.63) is 59.8 Å². The lowest BCUT2D eigenvalue weighted by atomic mass is 10.2. The van der Waals surface area contributed by atoms with E-state index >= 15 is 0 Å². The molecular formula is C19H18F3N3O2S. The van der Waals surface area contributed by atoms with E-state index in [0.717, 1.165) is 35.1 Å². The van der Waals surface area contributed by atoms with Gasteiger partial charge in [-0.15, -0.1) is 23.4 Å². The Labute approximate surface area is 163 Å². The molecule has 3 aromatic rings. The molecule has 5 nitrogen and oxygen atoms in total. The third kappa shape index (κ3) is 4.52. The van der Waals surface area contributed by atoms with Crippen molar-refractivity contribution in [3.8, 4) is 5.75 Å². The van der Waals surface area contributed by atoms with Crippen LogP contribution in [0.25, 0.3) is 0 Å². The Bertz CT molecular complexity index is 919. The van der Waals surface area contributed by atoms with Crippen LogP contribution >= 0.6 is 11.8 Å². The molecule has 1 unspecified atom stereocenters. The lowest BCUT2D eigenvalue weighted by molar-refractivity contribution is -0.274. The molecule has 1 aliphatic carbocycles. The minimum absolute atomic E-state index is 0.0217. The summed E-state index contributed by atoms with van der Waals surface area (Å²) >= 11 is 1.51. The summed E-state index contributed by atoms with van der Waals surface area (Å²) in [6.45, 7) is 2.53. The molecule has 0 N–H and O–H groups in total. The molecule has 28 heavy (non-hydrogen) atoms. The van der Waals surface area contributed by atoms with Crippen molar-refractivity contribution in [1.82, 2.24) is 14.8 Å². The maximum absolute atomic E-state index is 12.3. The van der Waals surface area contributed by atoms with Crippen LogP contribution in [-0.4, -0.2) is 21.1 Å². The number of aromatic nitrogens is 3. The largest absolute Gasteiger partial charge is 0.573 e. The first-order valence-corrected chi connectivity index (χ1v) is 9.75. The smallest absolute Gasteiger partial charge is 0.467 e. The summed E-state index contributed by atoms with van der Waals surface area (Å²) in [7, 11) is 0. The first-order chi connectivity index (χ1) is 13.4. The third-order valence-corrected chi connectivity index (χ3v) is 5.59. The zero-order valence-electron chi connectivity index (χ0n) is 15.0. The van der Waals surface area contributed by atoms with Crippen molar-refractivity contribution in [2.45, 2.75) is 49.0 Å². The van der Waals surface area contributed by atoms with Crippen molar-refractivity contribution in [2.75, 3.05) is 0 Å². The second kappa shape index (κ2) is 7.54. The molecule has 0 radical (unpaired) electrons. The van der Waals surface area contributed by atoms with Crippen LogP contribution in [-0.2, 0) is 6.54 Å². The molecule has 9 heteroatoms. The molecule has 0 spiro atoms. The Hall–Kier alpha value is -2.42. The topological polar surface area (TPSA) is 53.1 Å². The van der Waals surface area contributed by atoms with Gasteiger partial charge in [-0.2, -0.15) is 0 Å². The Balaban J connectivity index is 1.50. The van der Waals surface area contributed by atoms with Gasteiger partial charge in [0.2, 0.25) is 0 Å². The van der Waals surface area contributed by atoms with Gasteiger partial charge < -0.3 is 9.15 Å². The number of alkyl halides is 3. The van der Waals surface area contributed by atoms with E-state index in [1.54, 1.807) is 18.4 Å². The molecule has 0 amide bonds. The van der Waals surface area contributed by atoms with Gasteiger partial charge in [0.1, 0.15) is 17.3 Å². The molecule has 1 aliphatic rings. The number of hydrogen-bond donors (Lipinski definition) is 0. The van der Waals surface area contributed by atoms with Crippen LogP contribution in [0.2, 0.25) is 0 Å². The van der Waals surface area contributed by atoms with E-state index < -0.39 is 6.36 Å². The van der Waals surface area contributed by atoms with E-state index in [0.29, 0.717) is 12.5 Å². The van der Waals surface area contributed by atoms with Crippen molar-refractivity contribution >= 4 is 11.8 Å². The molecular weight excluding hydrogens is 391 g/mol. The first-order valence-electron chi connectivity index (χ1n) is 8.87. The van der Waals surface area contributed by atoms with Gasteiger partial charge in [0.15, 0.2) is 5.16 Å². The highest BCUT2D eigenvalue weighted by Crippen LogP contribution is 2.42. The molecule has 4 rings (SSSR count). The summed E-state index contributed by atoms with van der Waals surface area (Å²) in [5.41, 5.74) is 0.875. The lowest BCUT2D eigenvalue weighted by Gasteiger charge is -2.14. The van der Waals surface area contributed by atoms with Crippen LogP contribution < -0.4 is 4.74 Å². The minimum Gasteiger partial charge on any atom is -0.467 e. The van der Waals surface area contributed by atoms with Crippen LogP contribution in [0.1, 0.15) is 48.1 Å². The van der Waals surface area contributed by atoms with Crippen LogP contribution in [0.5, 0.6) is 5.75 Å². The summed E-state index contributed by atoms with van der Waals surface area (Å²) in [6, 6.07) is 9.66. The van der Waals surface area contributed by atoms with Gasteiger partial charge in [0.05, 0.1) is 12.8 Å². The van der Waals surface area contributed by atoms with Crippen molar-refractivity contribution in [3.63, 3.8) is 0 Å². The number of furan rings is 1. The zero-order valence-corrected chi connectivity index (χ0v) is 15.8. The van der Waals surface area contributed by atoms with E-state index in [1.165, 1.54) is 23.9 Å². The number of rotatable bonds is 7. The number of nitrogens with zero attached hydrogens (tertiary/aromatic N) is 3. The predicted molar refractivity (Wildman–Crippen MR) is 97.2 cm³/mol. The Morgan fingerprint density at radius 2 is 1.96 bits per heavy atom. The lowest BCUT2D eigenvalue weighted by Crippen LogP contribution is -2.17. The number of halogens is 3. The maximum atomic E-state index is 12.3. The van der Waals surface area contributed by atoms with Crippen LogP contribution in [0.4, 0.5) is 13.2 Å². The van der Waals surface area contributed by atoms with Gasteiger partial charge >= 0.3 is 6.36 Å². The van der Waals surface area contributed by atoms with Gasteiger partial charge in [-0.3, -0.25) is 4.57 Å². The van der Waals surface area contributed by atoms with Crippen molar-refractivity contribution in [2.24, 2.45) is 0 Å². The van der Waals surface area contributed by atoms with Gasteiger partial charge in [0, 0.05) is 11.2 Å². The summed E-state index contributed by atoms with van der Waals surface area (Å²) in [5, 5.41) is 9.46. The molecule has 2 aromatic heterocycles. The van der Waals surface area contributed by atoms with Crippen LogP contribution in [0, 0.1) is 0 Å². The average molecular weight is 409 g/mol. The fourth-order valence-corrected chi connectivity index (χ4v) is 3.89. The molecule has 1 atom stereocenters. The molecule has 1 aromatic carbocycles. The van der Waals surface area contributed by atoms with E-state index in [2.05, 4.69) is 19.5 Å². The average Bonchev–Trinajstić information content (AvgIpc) is 3.21. The number of thioether (sulfide) groups is 1. The number of ether oxygens (including phenoxy) is 1. The Morgan fingerprint density at radius 3 is 2.57 bits per heavy atom. The third-order valence-electron chi connectivity index (χ3n) is 4.45. The molecule has 1 fully saturated rings. The predicted octanol–water partition coefficient (Wildman–Crippen LogP) is 5.55. The Morgan fingerprint density at radius 1 is 1.21 bits per heavy atom. The number of hydrogen-bond acceptors (Lipinski definition) is 5. The van der Waals surface area contributed by atoms with Crippen molar-refractivity contribution in [1.29, 1.82) is 0 Å². The fraction of sp³-hybridized carbons (Fsp3) is 0.368. The van der Waals surface area contributed by atoms with Crippen LogP contribution in [0.15, 0.2) is 52.2 Å². The minimum atomic E-state index is -4.69.